The number of anilines is 1. The van der Waals surface area contributed by atoms with E-state index in [4.69, 9.17) is 5.73 Å². The summed E-state index contributed by atoms with van der Waals surface area (Å²) in [5.74, 6) is -0.228. The molecule has 2 rings (SSSR count). The summed E-state index contributed by atoms with van der Waals surface area (Å²) in [4.78, 5) is 19.8. The van der Waals surface area contributed by atoms with Crippen LogP contribution >= 0.6 is 0 Å². The smallest absolute Gasteiger partial charge is 0.243 e. The summed E-state index contributed by atoms with van der Waals surface area (Å²) in [5, 5.41) is 2.79. The van der Waals surface area contributed by atoms with E-state index in [0.717, 1.165) is 11.1 Å². The molecule has 0 aliphatic carbocycles. The van der Waals surface area contributed by atoms with E-state index >= 15 is 0 Å². The minimum Gasteiger partial charge on any atom is -0.324 e. The van der Waals surface area contributed by atoms with Crippen LogP contribution in [0, 0.1) is 0 Å². The van der Waals surface area contributed by atoms with Crippen LogP contribution < -0.4 is 11.1 Å². The number of hydrogen-bond acceptors (Lipinski definition) is 4. The van der Waals surface area contributed by atoms with Crippen molar-refractivity contribution >= 4 is 11.6 Å². The first kappa shape index (κ1) is 13.2. The number of benzene rings is 1. The molecule has 98 valence electrons. The van der Waals surface area contributed by atoms with E-state index in [1.54, 1.807) is 26.2 Å². The Labute approximate surface area is 111 Å². The molecule has 0 aliphatic heterocycles. The SMILES string of the molecule is CC(C)(N)C(=O)Nc1cccc(-c2cncnc2)c1. The van der Waals surface area contributed by atoms with E-state index in [9.17, 15) is 4.79 Å². The fraction of sp³-hybridized carbons (Fsp3) is 0.214. The van der Waals surface area contributed by atoms with Crippen LogP contribution in [0.2, 0.25) is 0 Å². The first-order valence-corrected chi connectivity index (χ1v) is 5.92. The maximum absolute atomic E-state index is 11.8. The van der Waals surface area contributed by atoms with Crippen molar-refractivity contribution < 1.29 is 4.79 Å². The number of carbonyl (C=O) groups is 1. The first-order chi connectivity index (χ1) is 8.97. The van der Waals surface area contributed by atoms with Crippen LogP contribution in [0.1, 0.15) is 13.8 Å². The molecule has 5 heteroatoms. The molecule has 3 N–H and O–H groups in total. The van der Waals surface area contributed by atoms with Crippen LogP contribution in [-0.4, -0.2) is 21.4 Å². The van der Waals surface area contributed by atoms with Gasteiger partial charge in [0.25, 0.3) is 0 Å². The summed E-state index contributed by atoms with van der Waals surface area (Å²) in [6.07, 6.45) is 4.92. The maximum Gasteiger partial charge on any atom is 0.243 e. The van der Waals surface area contributed by atoms with Gasteiger partial charge in [0.1, 0.15) is 6.33 Å². The van der Waals surface area contributed by atoms with Gasteiger partial charge in [-0.3, -0.25) is 4.79 Å². The number of nitrogens with two attached hydrogens (primary N) is 1. The number of hydrogen-bond donors (Lipinski definition) is 2. The van der Waals surface area contributed by atoms with Gasteiger partial charge >= 0.3 is 0 Å². The Morgan fingerprint density at radius 3 is 2.53 bits per heavy atom. The Kier molecular flexibility index (Phi) is 3.57. The van der Waals surface area contributed by atoms with E-state index in [2.05, 4.69) is 15.3 Å². The summed E-state index contributed by atoms with van der Waals surface area (Å²) < 4.78 is 0. The van der Waals surface area contributed by atoms with Gasteiger partial charge in [-0.1, -0.05) is 12.1 Å². The second-order valence-corrected chi connectivity index (χ2v) is 4.88. The maximum atomic E-state index is 11.8. The fourth-order valence-corrected chi connectivity index (χ4v) is 1.52. The monoisotopic (exact) mass is 256 g/mol. The number of amides is 1. The molecule has 1 amide bonds. The zero-order valence-corrected chi connectivity index (χ0v) is 10.9. The van der Waals surface area contributed by atoms with Crippen LogP contribution in [0.25, 0.3) is 11.1 Å². The molecule has 0 radical (unpaired) electrons. The number of nitrogens with one attached hydrogen (secondary N) is 1. The normalized spacial score (nSPS) is 11.1. The molecule has 0 spiro atoms. The quantitative estimate of drug-likeness (QED) is 0.877. The van der Waals surface area contributed by atoms with Crippen LogP contribution in [0.15, 0.2) is 43.0 Å². The van der Waals surface area contributed by atoms with Crippen LogP contribution in [0.4, 0.5) is 5.69 Å². The molecule has 0 atom stereocenters. The van der Waals surface area contributed by atoms with E-state index in [-0.39, 0.29) is 5.91 Å². The second kappa shape index (κ2) is 5.16. The fourth-order valence-electron chi connectivity index (χ4n) is 1.52. The first-order valence-electron chi connectivity index (χ1n) is 5.92. The summed E-state index contributed by atoms with van der Waals surface area (Å²) in [5.41, 5.74) is 7.36. The van der Waals surface area contributed by atoms with Crippen molar-refractivity contribution in [3.05, 3.63) is 43.0 Å². The van der Waals surface area contributed by atoms with Gasteiger partial charge in [-0.25, -0.2) is 9.97 Å². The third-order valence-electron chi connectivity index (χ3n) is 2.60. The molecule has 0 fully saturated rings. The molecule has 5 nitrogen and oxygen atoms in total. The average molecular weight is 256 g/mol. The minimum atomic E-state index is -0.911. The third-order valence-corrected chi connectivity index (χ3v) is 2.60. The Balaban J connectivity index is 2.24. The molecule has 2 aromatic rings. The number of carbonyl (C=O) groups excluding carboxylic acids is 1. The molecule has 19 heavy (non-hydrogen) atoms. The van der Waals surface area contributed by atoms with Gasteiger partial charge < -0.3 is 11.1 Å². The largest absolute Gasteiger partial charge is 0.324 e. The van der Waals surface area contributed by atoms with Crippen molar-refractivity contribution in [3.63, 3.8) is 0 Å². The highest BCUT2D eigenvalue weighted by molar-refractivity contribution is 5.97. The highest BCUT2D eigenvalue weighted by Gasteiger charge is 2.21. The molecule has 0 saturated heterocycles. The lowest BCUT2D eigenvalue weighted by atomic mass is 10.1. The van der Waals surface area contributed by atoms with Gasteiger partial charge in [-0.05, 0) is 31.5 Å². The second-order valence-electron chi connectivity index (χ2n) is 4.88. The van der Waals surface area contributed by atoms with Gasteiger partial charge in [0.05, 0.1) is 5.54 Å². The predicted molar refractivity (Wildman–Crippen MR) is 74.4 cm³/mol. The van der Waals surface area contributed by atoms with Gasteiger partial charge in [-0.2, -0.15) is 0 Å². The number of rotatable bonds is 3. The zero-order valence-electron chi connectivity index (χ0n) is 10.9. The molecule has 1 heterocycles. The van der Waals surface area contributed by atoms with Gasteiger partial charge in [0.15, 0.2) is 0 Å². The number of aromatic nitrogens is 2. The van der Waals surface area contributed by atoms with Crippen molar-refractivity contribution in [3.8, 4) is 11.1 Å². The summed E-state index contributed by atoms with van der Waals surface area (Å²) >= 11 is 0. The average Bonchev–Trinajstić information content (AvgIpc) is 2.39. The molecular weight excluding hydrogens is 240 g/mol. The zero-order chi connectivity index (χ0) is 13.9. The lowest BCUT2D eigenvalue weighted by Crippen LogP contribution is -2.45. The molecule has 0 saturated carbocycles. The lowest BCUT2D eigenvalue weighted by Gasteiger charge is -2.18. The van der Waals surface area contributed by atoms with Crippen molar-refractivity contribution in [1.82, 2.24) is 9.97 Å². The lowest BCUT2D eigenvalue weighted by molar-refractivity contribution is -0.120. The highest BCUT2D eigenvalue weighted by Crippen LogP contribution is 2.21. The van der Waals surface area contributed by atoms with Crippen molar-refractivity contribution in [2.45, 2.75) is 19.4 Å². The Morgan fingerprint density at radius 2 is 1.89 bits per heavy atom. The molecule has 0 aliphatic rings. The summed E-state index contributed by atoms with van der Waals surface area (Å²) in [7, 11) is 0. The minimum absolute atomic E-state index is 0.228. The molecular formula is C14H16N4O. The van der Waals surface area contributed by atoms with Crippen molar-refractivity contribution in [1.29, 1.82) is 0 Å². The van der Waals surface area contributed by atoms with E-state index in [1.807, 2.05) is 24.3 Å². The van der Waals surface area contributed by atoms with Crippen LogP contribution in [0.3, 0.4) is 0 Å². The predicted octanol–water partition coefficient (Wildman–Crippen LogP) is 1.82. The molecule has 1 aromatic heterocycles. The van der Waals surface area contributed by atoms with Crippen LogP contribution in [-0.2, 0) is 4.79 Å². The summed E-state index contributed by atoms with van der Waals surface area (Å²) in [6, 6.07) is 7.47. The Morgan fingerprint density at radius 1 is 1.21 bits per heavy atom. The molecule has 0 bridgehead atoms. The highest BCUT2D eigenvalue weighted by atomic mass is 16.2. The summed E-state index contributed by atoms with van der Waals surface area (Å²) in [6.45, 7) is 3.33. The standard InChI is InChI=1S/C14H16N4O/c1-14(2,15)13(19)18-12-5-3-4-10(6-12)11-7-16-9-17-8-11/h3-9H,15H2,1-2H3,(H,18,19). The van der Waals surface area contributed by atoms with Crippen molar-refractivity contribution in [2.24, 2.45) is 5.73 Å². The Hall–Kier alpha value is -2.27. The van der Waals surface area contributed by atoms with E-state index in [0.29, 0.717) is 5.69 Å². The van der Waals surface area contributed by atoms with Crippen LogP contribution in [0.5, 0.6) is 0 Å². The van der Waals surface area contributed by atoms with Gasteiger partial charge in [-0.15, -0.1) is 0 Å². The van der Waals surface area contributed by atoms with Gasteiger partial charge in [0.2, 0.25) is 5.91 Å². The van der Waals surface area contributed by atoms with Crippen molar-refractivity contribution in [2.75, 3.05) is 5.32 Å². The molecule has 0 unspecified atom stereocenters. The van der Waals surface area contributed by atoms with Gasteiger partial charge in [0, 0.05) is 23.6 Å². The third kappa shape index (κ3) is 3.35. The van der Waals surface area contributed by atoms with E-state index in [1.165, 1.54) is 6.33 Å². The molecule has 1 aromatic carbocycles. The van der Waals surface area contributed by atoms with E-state index < -0.39 is 5.54 Å². The Bertz CT molecular complexity index is 575. The number of nitrogens with zero attached hydrogens (tertiary/aromatic N) is 2. The topological polar surface area (TPSA) is 80.9 Å².